The van der Waals surface area contributed by atoms with E-state index in [4.69, 9.17) is 5.73 Å². The lowest BCUT2D eigenvalue weighted by Gasteiger charge is -2.07. The van der Waals surface area contributed by atoms with E-state index < -0.39 is 36.8 Å². The van der Waals surface area contributed by atoms with E-state index in [1.807, 2.05) is 0 Å². The van der Waals surface area contributed by atoms with Crippen molar-refractivity contribution in [1.82, 2.24) is 0 Å². The second-order valence-corrected chi connectivity index (χ2v) is 5.64. The summed E-state index contributed by atoms with van der Waals surface area (Å²) < 4.78 is 46.9. The van der Waals surface area contributed by atoms with Gasteiger partial charge in [0.25, 0.3) is 5.69 Å². The average Bonchev–Trinajstić information content (AvgIpc) is 2.20. The Hall–Kier alpha value is -1.29. The summed E-state index contributed by atoms with van der Waals surface area (Å²) in [7, 11) is -4.98. The number of nitro groups is 1. The molecular formula is C7H5BrF2N2O4S. The molecule has 0 aliphatic heterocycles. The number of hydrogen-bond donors (Lipinski definition) is 1. The predicted octanol–water partition coefficient (Wildman–Crippen LogP) is 1.94. The summed E-state index contributed by atoms with van der Waals surface area (Å²) in [5.74, 6) is -3.70. The minimum atomic E-state index is -4.98. The first-order chi connectivity index (χ1) is 7.67. The number of nitro benzene ring substituents is 1. The number of nitrogen functional groups attached to an aromatic ring is 1. The highest BCUT2D eigenvalue weighted by atomic mass is 79.9. The number of sulfone groups is 1. The number of benzene rings is 1. The molecule has 10 heteroatoms. The Morgan fingerprint density at radius 3 is 2.35 bits per heavy atom. The summed E-state index contributed by atoms with van der Waals surface area (Å²) in [4.78, 5) is 8.60. The van der Waals surface area contributed by atoms with Gasteiger partial charge < -0.3 is 5.73 Å². The van der Waals surface area contributed by atoms with Crippen LogP contribution in [0, 0.1) is 10.1 Å². The van der Waals surface area contributed by atoms with Gasteiger partial charge in [-0.1, -0.05) is 0 Å². The molecule has 1 aromatic carbocycles. The molecule has 0 aliphatic carbocycles. The number of non-ortho nitro benzene ring substituents is 1. The Morgan fingerprint density at radius 1 is 1.41 bits per heavy atom. The van der Waals surface area contributed by atoms with Crippen molar-refractivity contribution in [1.29, 1.82) is 0 Å². The zero-order valence-electron chi connectivity index (χ0n) is 7.93. The van der Waals surface area contributed by atoms with Crippen molar-refractivity contribution in [2.24, 2.45) is 0 Å². The van der Waals surface area contributed by atoms with Crippen molar-refractivity contribution >= 4 is 37.1 Å². The van der Waals surface area contributed by atoms with Crippen molar-refractivity contribution in [3.8, 4) is 0 Å². The maximum absolute atomic E-state index is 12.3. The third kappa shape index (κ3) is 2.52. The fourth-order valence-corrected chi connectivity index (χ4v) is 2.49. The van der Waals surface area contributed by atoms with E-state index in [2.05, 4.69) is 15.9 Å². The molecule has 0 amide bonds. The highest BCUT2D eigenvalue weighted by molar-refractivity contribution is 9.10. The summed E-state index contributed by atoms with van der Waals surface area (Å²) in [6.45, 7) is 0. The summed E-state index contributed by atoms with van der Waals surface area (Å²) in [5, 5.41) is 10.5. The molecule has 0 heterocycles. The Morgan fingerprint density at radius 2 is 1.94 bits per heavy atom. The SMILES string of the molecule is Nc1c(Br)cc([N+](=O)[O-])cc1S(=O)(=O)C(F)F. The van der Waals surface area contributed by atoms with E-state index in [1.54, 1.807) is 0 Å². The zero-order chi connectivity index (χ0) is 13.4. The van der Waals surface area contributed by atoms with Gasteiger partial charge in [0.05, 0.1) is 10.6 Å². The van der Waals surface area contributed by atoms with E-state index in [1.165, 1.54) is 0 Å². The number of anilines is 1. The largest absolute Gasteiger partial charge is 0.397 e. The van der Waals surface area contributed by atoms with Crippen LogP contribution in [-0.2, 0) is 9.84 Å². The number of halogens is 3. The fourth-order valence-electron chi connectivity index (χ4n) is 1.02. The van der Waals surface area contributed by atoms with Crippen LogP contribution in [0.3, 0.4) is 0 Å². The van der Waals surface area contributed by atoms with E-state index in [-0.39, 0.29) is 4.47 Å². The first kappa shape index (κ1) is 13.8. The van der Waals surface area contributed by atoms with Gasteiger partial charge in [-0.2, -0.15) is 8.78 Å². The van der Waals surface area contributed by atoms with Crippen molar-refractivity contribution < 1.29 is 22.1 Å². The predicted molar refractivity (Wildman–Crippen MR) is 58.4 cm³/mol. The smallest absolute Gasteiger partial charge is 0.341 e. The topological polar surface area (TPSA) is 103 Å². The molecular weight excluding hydrogens is 326 g/mol. The van der Waals surface area contributed by atoms with Gasteiger partial charge in [-0.25, -0.2) is 8.42 Å². The third-order valence-corrected chi connectivity index (χ3v) is 3.90. The maximum atomic E-state index is 12.3. The molecule has 17 heavy (non-hydrogen) atoms. The molecule has 0 aromatic heterocycles. The molecule has 2 N–H and O–H groups in total. The van der Waals surface area contributed by atoms with Gasteiger partial charge in [-0.15, -0.1) is 0 Å². The molecule has 0 fully saturated rings. The Kier molecular flexibility index (Phi) is 3.67. The quantitative estimate of drug-likeness (QED) is 0.518. The van der Waals surface area contributed by atoms with Crippen LogP contribution < -0.4 is 5.73 Å². The van der Waals surface area contributed by atoms with Gasteiger partial charge in [0.1, 0.15) is 4.90 Å². The first-order valence-electron chi connectivity index (χ1n) is 3.93. The molecule has 0 unspecified atom stereocenters. The summed E-state index contributed by atoms with van der Waals surface area (Å²) >= 11 is 2.77. The molecule has 0 atom stereocenters. The molecule has 1 rings (SSSR count). The number of hydrogen-bond acceptors (Lipinski definition) is 5. The summed E-state index contributed by atoms with van der Waals surface area (Å²) in [5.41, 5.74) is 4.16. The van der Waals surface area contributed by atoms with Gasteiger partial charge in [0, 0.05) is 16.6 Å². The molecule has 0 aliphatic rings. The second kappa shape index (κ2) is 4.53. The van der Waals surface area contributed by atoms with E-state index in [0.717, 1.165) is 6.07 Å². The van der Waals surface area contributed by atoms with Gasteiger partial charge in [0.15, 0.2) is 0 Å². The Bertz CT molecular complexity index is 575. The third-order valence-electron chi connectivity index (χ3n) is 1.83. The van der Waals surface area contributed by atoms with Gasteiger partial charge in [0.2, 0.25) is 9.84 Å². The highest BCUT2D eigenvalue weighted by Crippen LogP contribution is 2.34. The van der Waals surface area contributed by atoms with Crippen LogP contribution in [0.4, 0.5) is 20.2 Å². The van der Waals surface area contributed by atoms with Gasteiger partial charge >= 0.3 is 5.76 Å². The molecule has 0 spiro atoms. The van der Waals surface area contributed by atoms with Crippen molar-refractivity contribution in [2.75, 3.05) is 5.73 Å². The van der Waals surface area contributed by atoms with Crippen LogP contribution >= 0.6 is 15.9 Å². The van der Waals surface area contributed by atoms with Gasteiger partial charge in [-0.05, 0) is 15.9 Å². The van der Waals surface area contributed by atoms with E-state index >= 15 is 0 Å². The Balaban J connectivity index is 3.60. The minimum absolute atomic E-state index is 0.133. The molecule has 1 aromatic rings. The lowest BCUT2D eigenvalue weighted by Crippen LogP contribution is -2.14. The molecule has 0 saturated heterocycles. The first-order valence-corrected chi connectivity index (χ1v) is 6.27. The second-order valence-electron chi connectivity index (χ2n) is 2.90. The highest BCUT2D eigenvalue weighted by Gasteiger charge is 2.31. The van der Waals surface area contributed by atoms with Crippen molar-refractivity contribution in [3.63, 3.8) is 0 Å². The number of rotatable bonds is 3. The van der Waals surface area contributed by atoms with Crippen LogP contribution in [0.15, 0.2) is 21.5 Å². The van der Waals surface area contributed by atoms with Crippen LogP contribution in [-0.4, -0.2) is 19.1 Å². The number of alkyl halides is 2. The molecule has 6 nitrogen and oxygen atoms in total. The average molecular weight is 331 g/mol. The molecule has 0 saturated carbocycles. The van der Waals surface area contributed by atoms with Crippen LogP contribution in [0.1, 0.15) is 0 Å². The standard InChI is InChI=1S/C7H5BrF2N2O4S/c8-4-1-3(12(13)14)2-5(6(4)11)17(15,16)7(9)10/h1-2,7H,11H2. The van der Waals surface area contributed by atoms with Gasteiger partial charge in [-0.3, -0.25) is 10.1 Å². The summed E-state index contributed by atoms with van der Waals surface area (Å²) in [6, 6.07) is 1.43. The fraction of sp³-hybridized carbons (Fsp3) is 0.143. The van der Waals surface area contributed by atoms with E-state index in [9.17, 15) is 27.3 Å². The molecule has 0 bridgehead atoms. The lowest BCUT2D eigenvalue weighted by atomic mass is 10.3. The Labute approximate surface area is 103 Å². The number of nitrogens with two attached hydrogens (primary N) is 1. The monoisotopic (exact) mass is 330 g/mol. The number of nitrogens with zero attached hydrogens (tertiary/aromatic N) is 1. The lowest BCUT2D eigenvalue weighted by molar-refractivity contribution is -0.385. The maximum Gasteiger partial charge on any atom is 0.341 e. The molecule has 94 valence electrons. The van der Waals surface area contributed by atoms with E-state index in [0.29, 0.717) is 6.07 Å². The van der Waals surface area contributed by atoms with Crippen LogP contribution in [0.25, 0.3) is 0 Å². The normalized spacial score (nSPS) is 11.8. The zero-order valence-corrected chi connectivity index (χ0v) is 10.3. The van der Waals surface area contributed by atoms with Crippen molar-refractivity contribution in [2.45, 2.75) is 10.7 Å². The van der Waals surface area contributed by atoms with Crippen LogP contribution in [0.2, 0.25) is 0 Å². The van der Waals surface area contributed by atoms with Crippen LogP contribution in [0.5, 0.6) is 0 Å². The van der Waals surface area contributed by atoms with Crippen molar-refractivity contribution in [3.05, 3.63) is 26.7 Å². The summed E-state index contributed by atoms with van der Waals surface area (Å²) in [6.07, 6.45) is 0. The minimum Gasteiger partial charge on any atom is -0.397 e. The molecule has 0 radical (unpaired) electrons.